The summed E-state index contributed by atoms with van der Waals surface area (Å²) in [7, 11) is 0. The van der Waals surface area contributed by atoms with Crippen molar-refractivity contribution in [2.24, 2.45) is 0 Å². The Bertz CT molecular complexity index is 1030. The molecular formula is C21H25N5O3S. The first-order valence-corrected chi connectivity index (χ1v) is 11.1. The van der Waals surface area contributed by atoms with Gasteiger partial charge in [-0.25, -0.2) is 9.78 Å². The minimum Gasteiger partial charge on any atom is -0.446 e. The number of aromatic nitrogens is 3. The van der Waals surface area contributed by atoms with Crippen LogP contribution in [-0.2, 0) is 16.0 Å². The fraction of sp³-hybridized carbons (Fsp3) is 0.429. The molecule has 4 rings (SSSR count). The molecule has 1 fully saturated rings. The van der Waals surface area contributed by atoms with Crippen LogP contribution in [0.5, 0.6) is 0 Å². The fourth-order valence-corrected chi connectivity index (χ4v) is 4.61. The Morgan fingerprint density at radius 3 is 3.10 bits per heavy atom. The highest BCUT2D eigenvalue weighted by Crippen LogP contribution is 2.35. The van der Waals surface area contributed by atoms with Crippen LogP contribution in [0.25, 0.3) is 10.2 Å². The molecule has 30 heavy (non-hydrogen) atoms. The molecule has 1 aliphatic carbocycles. The zero-order valence-electron chi connectivity index (χ0n) is 16.8. The zero-order chi connectivity index (χ0) is 20.9. The summed E-state index contributed by atoms with van der Waals surface area (Å²) in [5, 5.41) is 12.9. The maximum absolute atomic E-state index is 12.5. The molecule has 0 unspecified atom stereocenters. The largest absolute Gasteiger partial charge is 0.446 e. The van der Waals surface area contributed by atoms with Crippen molar-refractivity contribution in [1.29, 1.82) is 0 Å². The van der Waals surface area contributed by atoms with Gasteiger partial charge in [0.25, 0.3) is 0 Å². The van der Waals surface area contributed by atoms with Crippen LogP contribution >= 0.6 is 11.3 Å². The number of alkyl carbamates (subject to hydrolysis) is 1. The summed E-state index contributed by atoms with van der Waals surface area (Å²) in [5.41, 5.74) is 4.61. The molecule has 0 saturated heterocycles. The second-order valence-corrected chi connectivity index (χ2v) is 8.37. The summed E-state index contributed by atoms with van der Waals surface area (Å²) in [6.07, 6.45) is 3.20. The van der Waals surface area contributed by atoms with Gasteiger partial charge in [0.1, 0.15) is 6.10 Å². The first-order valence-electron chi connectivity index (χ1n) is 10.2. The van der Waals surface area contributed by atoms with Crippen molar-refractivity contribution in [3.63, 3.8) is 0 Å². The van der Waals surface area contributed by atoms with E-state index >= 15 is 0 Å². The summed E-state index contributed by atoms with van der Waals surface area (Å²) >= 11 is 1.54. The van der Waals surface area contributed by atoms with Crippen LogP contribution in [-0.4, -0.2) is 39.8 Å². The molecule has 3 aromatic rings. The number of hydrogen-bond acceptors (Lipinski definition) is 6. The van der Waals surface area contributed by atoms with Gasteiger partial charge in [-0.3, -0.25) is 9.89 Å². The van der Waals surface area contributed by atoms with Crippen molar-refractivity contribution in [2.45, 2.75) is 51.0 Å². The summed E-state index contributed by atoms with van der Waals surface area (Å²) in [6.45, 7) is 2.62. The smallest absolute Gasteiger partial charge is 0.407 e. The summed E-state index contributed by atoms with van der Waals surface area (Å²) in [5.74, 6) is 0.629. The van der Waals surface area contributed by atoms with Crippen LogP contribution in [0.1, 0.15) is 49.8 Å². The Labute approximate surface area is 178 Å². The number of H-pyrrole nitrogens is 1. The molecular weight excluding hydrogens is 402 g/mol. The van der Waals surface area contributed by atoms with Crippen LogP contribution in [0.15, 0.2) is 29.8 Å². The lowest BCUT2D eigenvalue weighted by molar-refractivity contribution is -0.115. The minimum atomic E-state index is -0.351. The molecule has 2 amide bonds. The van der Waals surface area contributed by atoms with Gasteiger partial charge in [-0.1, -0.05) is 19.1 Å². The highest BCUT2D eigenvalue weighted by Gasteiger charge is 2.30. The maximum Gasteiger partial charge on any atom is 0.407 e. The predicted octanol–water partition coefficient (Wildman–Crippen LogP) is 3.97. The highest BCUT2D eigenvalue weighted by molar-refractivity contribution is 7.17. The first-order chi connectivity index (χ1) is 14.6. The summed E-state index contributed by atoms with van der Waals surface area (Å²) in [6, 6.07) is 7.68. The van der Waals surface area contributed by atoms with Crippen molar-refractivity contribution in [3.05, 3.63) is 41.0 Å². The van der Waals surface area contributed by atoms with E-state index in [0.29, 0.717) is 12.4 Å². The van der Waals surface area contributed by atoms with E-state index in [1.807, 2.05) is 31.2 Å². The lowest BCUT2D eigenvalue weighted by atomic mass is 10.0. The third kappa shape index (κ3) is 4.79. The number of nitrogens with zero attached hydrogens (tertiary/aromatic N) is 2. The maximum atomic E-state index is 12.5. The number of fused-ring (bicyclic) bond motifs is 1. The number of amides is 2. The number of benzene rings is 1. The van der Waals surface area contributed by atoms with E-state index in [-0.39, 0.29) is 30.4 Å². The Balaban J connectivity index is 1.30. The van der Waals surface area contributed by atoms with Gasteiger partial charge in [0.2, 0.25) is 5.91 Å². The first kappa shape index (κ1) is 20.3. The fourth-order valence-electron chi connectivity index (χ4n) is 3.80. The predicted molar refractivity (Wildman–Crippen MR) is 116 cm³/mol. The van der Waals surface area contributed by atoms with Gasteiger partial charge in [0.15, 0.2) is 5.82 Å². The van der Waals surface area contributed by atoms with Gasteiger partial charge in [-0.05, 0) is 37.3 Å². The van der Waals surface area contributed by atoms with Gasteiger partial charge in [0, 0.05) is 24.2 Å². The second-order valence-electron chi connectivity index (χ2n) is 7.52. The van der Waals surface area contributed by atoms with E-state index in [1.165, 1.54) is 11.3 Å². The van der Waals surface area contributed by atoms with Crippen LogP contribution in [0.2, 0.25) is 0 Å². The van der Waals surface area contributed by atoms with E-state index in [0.717, 1.165) is 47.2 Å². The molecule has 1 saturated carbocycles. The summed E-state index contributed by atoms with van der Waals surface area (Å²) in [4.78, 5) is 28.5. The average Bonchev–Trinajstić information content (AvgIpc) is 3.47. The van der Waals surface area contributed by atoms with Gasteiger partial charge in [-0.15, -0.1) is 11.3 Å². The monoisotopic (exact) mass is 427 g/mol. The van der Waals surface area contributed by atoms with Crippen LogP contribution in [0.3, 0.4) is 0 Å². The Kier molecular flexibility index (Phi) is 6.27. The van der Waals surface area contributed by atoms with Crippen molar-refractivity contribution in [2.75, 3.05) is 11.9 Å². The molecule has 0 spiro atoms. The molecule has 9 heteroatoms. The zero-order valence-corrected chi connectivity index (χ0v) is 17.6. The van der Waals surface area contributed by atoms with Gasteiger partial charge >= 0.3 is 6.09 Å². The lowest BCUT2D eigenvalue weighted by Crippen LogP contribution is -2.28. The Morgan fingerprint density at radius 1 is 1.33 bits per heavy atom. The number of carbonyl (C=O) groups excluding carboxylic acids is 2. The van der Waals surface area contributed by atoms with Crippen molar-refractivity contribution in [1.82, 2.24) is 20.5 Å². The van der Waals surface area contributed by atoms with Gasteiger partial charge < -0.3 is 15.4 Å². The van der Waals surface area contributed by atoms with E-state index in [4.69, 9.17) is 4.74 Å². The third-order valence-corrected chi connectivity index (χ3v) is 6.19. The van der Waals surface area contributed by atoms with E-state index in [2.05, 4.69) is 25.8 Å². The standard InChI is InChI=1S/C21H25N5O3S/c1-2-8-22-21(28)29-15-7-6-13(9-15)17-11-18(26-25-17)24-19(27)10-14-4-3-5-16-20(14)30-12-23-16/h3-5,11-13,15H,2,6-10H2,1H3,(H,22,28)(H2,24,25,26,27)/t13-,15+/m0/s1. The number of rotatable bonds is 7. The third-order valence-electron chi connectivity index (χ3n) is 5.27. The van der Waals surface area contributed by atoms with E-state index in [9.17, 15) is 9.59 Å². The summed E-state index contributed by atoms with van der Waals surface area (Å²) < 4.78 is 6.51. The number of aromatic amines is 1. The Hall–Kier alpha value is -2.94. The van der Waals surface area contributed by atoms with Crippen molar-refractivity contribution >= 4 is 39.4 Å². The van der Waals surface area contributed by atoms with Gasteiger partial charge in [-0.2, -0.15) is 5.10 Å². The molecule has 1 aliphatic rings. The van der Waals surface area contributed by atoms with E-state index < -0.39 is 0 Å². The normalized spacial score (nSPS) is 18.4. The van der Waals surface area contributed by atoms with Crippen molar-refractivity contribution in [3.8, 4) is 0 Å². The Morgan fingerprint density at radius 2 is 2.23 bits per heavy atom. The van der Waals surface area contributed by atoms with E-state index in [1.54, 1.807) is 5.51 Å². The average molecular weight is 428 g/mol. The topological polar surface area (TPSA) is 109 Å². The number of carbonyl (C=O) groups is 2. The molecule has 8 nitrogen and oxygen atoms in total. The molecule has 2 heterocycles. The minimum absolute atomic E-state index is 0.0897. The van der Waals surface area contributed by atoms with Crippen LogP contribution in [0.4, 0.5) is 10.6 Å². The molecule has 0 aliphatic heterocycles. The highest BCUT2D eigenvalue weighted by atomic mass is 32.1. The van der Waals surface area contributed by atoms with Crippen LogP contribution < -0.4 is 10.6 Å². The van der Waals surface area contributed by atoms with Crippen LogP contribution in [0, 0.1) is 0 Å². The number of hydrogen-bond donors (Lipinski definition) is 3. The molecule has 0 radical (unpaired) electrons. The lowest BCUT2D eigenvalue weighted by Gasteiger charge is -2.12. The van der Waals surface area contributed by atoms with Gasteiger partial charge in [0.05, 0.1) is 22.1 Å². The molecule has 0 bridgehead atoms. The molecule has 3 N–H and O–H groups in total. The SMILES string of the molecule is CCCNC(=O)O[C@@H]1CC[C@H](c2cc(NC(=O)Cc3cccc4ncsc34)n[nH]2)C1. The molecule has 1 aromatic carbocycles. The number of thiazole rings is 1. The molecule has 2 atom stereocenters. The number of anilines is 1. The number of ether oxygens (including phenoxy) is 1. The quantitative estimate of drug-likeness (QED) is 0.529. The number of nitrogens with one attached hydrogen (secondary N) is 3. The van der Waals surface area contributed by atoms with Crippen molar-refractivity contribution < 1.29 is 14.3 Å². The molecule has 2 aromatic heterocycles. The second kappa shape index (κ2) is 9.25. The molecule has 158 valence electrons.